The van der Waals surface area contributed by atoms with Crippen molar-refractivity contribution in [1.29, 1.82) is 0 Å². The first kappa shape index (κ1) is 18.3. The van der Waals surface area contributed by atoms with E-state index in [2.05, 4.69) is 20.8 Å². The van der Waals surface area contributed by atoms with Gasteiger partial charge in [0.05, 0.1) is 10.7 Å². The van der Waals surface area contributed by atoms with Crippen molar-refractivity contribution in [1.82, 2.24) is 15.8 Å². The summed E-state index contributed by atoms with van der Waals surface area (Å²) in [6.07, 6.45) is 1.62. The fourth-order valence-electron chi connectivity index (χ4n) is 2.37. The van der Waals surface area contributed by atoms with Crippen molar-refractivity contribution in [2.24, 2.45) is 4.99 Å². The lowest BCUT2D eigenvalue weighted by Crippen LogP contribution is -2.36. The van der Waals surface area contributed by atoms with Crippen LogP contribution in [0.15, 0.2) is 27.7 Å². The van der Waals surface area contributed by atoms with Gasteiger partial charge in [0, 0.05) is 32.1 Å². The van der Waals surface area contributed by atoms with Crippen molar-refractivity contribution in [2.75, 3.05) is 7.05 Å². The molecule has 2 aromatic rings. The Balaban J connectivity index is 1.95. The molecule has 0 aliphatic carbocycles. The highest BCUT2D eigenvalue weighted by Crippen LogP contribution is 2.16. The van der Waals surface area contributed by atoms with Crippen LogP contribution in [0.25, 0.3) is 0 Å². The van der Waals surface area contributed by atoms with E-state index in [0.29, 0.717) is 19.0 Å². The molecule has 0 atom stereocenters. The fraction of sp³-hybridized carbons (Fsp3) is 0.412. The number of benzene rings is 1. The maximum absolute atomic E-state index is 13.2. The number of aliphatic imine (C=N–C) groups is 1. The highest BCUT2D eigenvalue weighted by atomic mass is 35.5. The van der Waals surface area contributed by atoms with Crippen molar-refractivity contribution in [3.63, 3.8) is 0 Å². The predicted molar refractivity (Wildman–Crippen MR) is 93.7 cm³/mol. The molecule has 24 heavy (non-hydrogen) atoms. The Morgan fingerprint density at radius 2 is 2.00 bits per heavy atom. The third kappa shape index (κ3) is 4.47. The molecule has 0 unspecified atom stereocenters. The first-order valence-electron chi connectivity index (χ1n) is 7.93. The molecule has 0 bridgehead atoms. The van der Waals surface area contributed by atoms with Crippen LogP contribution in [0.2, 0.25) is 5.02 Å². The lowest BCUT2D eigenvalue weighted by atomic mass is 10.1. The maximum Gasteiger partial charge on any atom is 0.191 e. The van der Waals surface area contributed by atoms with Gasteiger partial charge in [-0.3, -0.25) is 4.99 Å². The smallest absolute Gasteiger partial charge is 0.191 e. The SMILES string of the molecule is CCc1noc(CC)c1CNC(=NC)NCc1ccc(F)c(Cl)c1. The minimum absolute atomic E-state index is 0.113. The number of hydrogen-bond acceptors (Lipinski definition) is 3. The molecule has 1 aromatic carbocycles. The molecule has 0 spiro atoms. The van der Waals surface area contributed by atoms with Gasteiger partial charge in [-0.1, -0.05) is 36.7 Å². The molecule has 0 aliphatic heterocycles. The van der Waals surface area contributed by atoms with Crippen LogP contribution >= 0.6 is 11.6 Å². The number of nitrogens with zero attached hydrogens (tertiary/aromatic N) is 2. The van der Waals surface area contributed by atoms with Gasteiger partial charge in [-0.2, -0.15) is 0 Å². The van der Waals surface area contributed by atoms with Gasteiger partial charge in [0.15, 0.2) is 5.96 Å². The van der Waals surface area contributed by atoms with Gasteiger partial charge < -0.3 is 15.2 Å². The molecule has 7 heteroatoms. The molecule has 0 radical (unpaired) electrons. The Bertz CT molecular complexity index is 693. The highest BCUT2D eigenvalue weighted by molar-refractivity contribution is 6.30. The molecule has 0 amide bonds. The van der Waals surface area contributed by atoms with E-state index in [4.69, 9.17) is 16.1 Å². The third-order valence-corrected chi connectivity index (χ3v) is 4.00. The van der Waals surface area contributed by atoms with Crippen LogP contribution in [0.3, 0.4) is 0 Å². The Morgan fingerprint density at radius 1 is 1.25 bits per heavy atom. The molecule has 1 heterocycles. The van der Waals surface area contributed by atoms with Crippen molar-refractivity contribution >= 4 is 17.6 Å². The second kappa shape index (κ2) is 8.68. The first-order valence-corrected chi connectivity index (χ1v) is 8.31. The molecular formula is C17H22ClFN4O. The number of nitrogens with one attached hydrogen (secondary N) is 2. The van der Waals surface area contributed by atoms with Gasteiger partial charge in [-0.05, 0) is 24.1 Å². The number of halogens is 2. The van der Waals surface area contributed by atoms with Gasteiger partial charge in [0.1, 0.15) is 11.6 Å². The molecule has 0 saturated carbocycles. The summed E-state index contributed by atoms with van der Waals surface area (Å²) in [4.78, 5) is 4.19. The molecule has 0 saturated heterocycles. The summed E-state index contributed by atoms with van der Waals surface area (Å²) in [5.74, 6) is 1.11. The monoisotopic (exact) mass is 352 g/mol. The first-order chi connectivity index (χ1) is 11.6. The topological polar surface area (TPSA) is 62.5 Å². The zero-order valence-electron chi connectivity index (χ0n) is 14.1. The van der Waals surface area contributed by atoms with Crippen LogP contribution < -0.4 is 10.6 Å². The van der Waals surface area contributed by atoms with Crippen LogP contribution in [0.4, 0.5) is 4.39 Å². The molecule has 2 N–H and O–H groups in total. The summed E-state index contributed by atoms with van der Waals surface area (Å²) >= 11 is 5.79. The second-order valence-electron chi connectivity index (χ2n) is 5.27. The Morgan fingerprint density at radius 3 is 2.62 bits per heavy atom. The van der Waals surface area contributed by atoms with E-state index < -0.39 is 5.82 Å². The number of aromatic nitrogens is 1. The van der Waals surface area contributed by atoms with Crippen LogP contribution in [0.5, 0.6) is 0 Å². The maximum atomic E-state index is 13.2. The third-order valence-electron chi connectivity index (χ3n) is 3.71. The molecule has 0 fully saturated rings. The summed E-state index contributed by atoms with van der Waals surface area (Å²) < 4.78 is 18.5. The summed E-state index contributed by atoms with van der Waals surface area (Å²) in [6.45, 7) is 5.16. The summed E-state index contributed by atoms with van der Waals surface area (Å²) in [5.41, 5.74) is 2.91. The molecule has 130 valence electrons. The molecule has 2 rings (SSSR count). The van der Waals surface area contributed by atoms with E-state index in [9.17, 15) is 4.39 Å². The average molecular weight is 353 g/mol. The lowest BCUT2D eigenvalue weighted by Gasteiger charge is -2.12. The summed E-state index contributed by atoms with van der Waals surface area (Å²) in [5, 5.41) is 10.6. The van der Waals surface area contributed by atoms with Crippen LogP contribution in [0.1, 0.15) is 36.4 Å². The zero-order valence-corrected chi connectivity index (χ0v) is 14.9. The van der Waals surface area contributed by atoms with Crippen LogP contribution in [-0.4, -0.2) is 18.2 Å². The Kier molecular flexibility index (Phi) is 6.61. The lowest BCUT2D eigenvalue weighted by molar-refractivity contribution is 0.380. The van der Waals surface area contributed by atoms with E-state index in [0.717, 1.165) is 35.4 Å². The standard InChI is InChI=1S/C17H22ClFN4O/c1-4-15-12(16(5-2)24-23-15)10-22-17(20-3)21-9-11-6-7-14(19)13(18)8-11/h6-8H,4-5,9-10H2,1-3H3,(H2,20,21,22). The van der Waals surface area contributed by atoms with Gasteiger partial charge in [0.25, 0.3) is 0 Å². The van der Waals surface area contributed by atoms with Crippen molar-refractivity contribution in [3.05, 3.63) is 51.6 Å². The van der Waals surface area contributed by atoms with Gasteiger partial charge in [-0.15, -0.1) is 0 Å². The van der Waals surface area contributed by atoms with Crippen LogP contribution in [0, 0.1) is 5.82 Å². The largest absolute Gasteiger partial charge is 0.361 e. The number of hydrogen-bond donors (Lipinski definition) is 2. The molecule has 0 aliphatic rings. The van der Waals surface area contributed by atoms with E-state index >= 15 is 0 Å². The second-order valence-corrected chi connectivity index (χ2v) is 5.67. The van der Waals surface area contributed by atoms with E-state index in [1.165, 1.54) is 6.07 Å². The van der Waals surface area contributed by atoms with Gasteiger partial charge in [-0.25, -0.2) is 4.39 Å². The number of guanidine groups is 1. The summed E-state index contributed by atoms with van der Waals surface area (Å²) in [7, 11) is 1.70. The minimum Gasteiger partial charge on any atom is -0.361 e. The summed E-state index contributed by atoms with van der Waals surface area (Å²) in [6, 6.07) is 4.64. The van der Waals surface area contributed by atoms with E-state index in [1.807, 2.05) is 13.8 Å². The zero-order chi connectivity index (χ0) is 17.5. The minimum atomic E-state index is -0.422. The van der Waals surface area contributed by atoms with Crippen LogP contribution in [-0.2, 0) is 25.9 Å². The fourth-order valence-corrected chi connectivity index (χ4v) is 2.57. The van der Waals surface area contributed by atoms with Crippen molar-refractivity contribution in [3.8, 4) is 0 Å². The van der Waals surface area contributed by atoms with Crippen molar-refractivity contribution < 1.29 is 8.91 Å². The Labute approximate surface area is 146 Å². The molecule has 1 aromatic heterocycles. The molecular weight excluding hydrogens is 331 g/mol. The van der Waals surface area contributed by atoms with Gasteiger partial charge >= 0.3 is 0 Å². The quantitative estimate of drug-likeness (QED) is 0.617. The number of rotatable bonds is 6. The average Bonchev–Trinajstić information content (AvgIpc) is 3.00. The van der Waals surface area contributed by atoms with Gasteiger partial charge in [0.2, 0.25) is 0 Å². The normalized spacial score (nSPS) is 11.6. The van der Waals surface area contributed by atoms with Crippen molar-refractivity contribution in [2.45, 2.75) is 39.8 Å². The van der Waals surface area contributed by atoms with E-state index in [-0.39, 0.29) is 5.02 Å². The molecule has 5 nitrogen and oxygen atoms in total. The predicted octanol–water partition coefficient (Wildman–Crippen LogP) is 3.46. The number of aryl methyl sites for hydroxylation is 2. The van der Waals surface area contributed by atoms with E-state index in [1.54, 1.807) is 19.2 Å². The Hall–Kier alpha value is -2.08. The highest BCUT2D eigenvalue weighted by Gasteiger charge is 2.13.